The highest BCUT2D eigenvalue weighted by atomic mass is 35.5. The van der Waals surface area contributed by atoms with Crippen LogP contribution in [0.25, 0.3) is 11.3 Å². The number of aromatic nitrogens is 2. The molecule has 0 unspecified atom stereocenters. The third-order valence-electron chi connectivity index (χ3n) is 2.40. The molecule has 1 heterocycles. The van der Waals surface area contributed by atoms with Gasteiger partial charge in [-0.25, -0.2) is 9.97 Å². The smallest absolute Gasteiger partial charge is 0.178 e. The molecule has 0 aliphatic carbocycles. The van der Waals surface area contributed by atoms with Crippen molar-refractivity contribution in [3.63, 3.8) is 0 Å². The fourth-order valence-electron chi connectivity index (χ4n) is 1.53. The van der Waals surface area contributed by atoms with E-state index in [-0.39, 0.29) is 10.8 Å². The Kier molecular flexibility index (Phi) is 4.11. The molecular formula is C12H7Cl3N4. The Labute approximate surface area is 125 Å². The van der Waals surface area contributed by atoms with Crippen molar-refractivity contribution >= 4 is 40.6 Å². The predicted octanol–water partition coefficient (Wildman–Crippen LogP) is 4.02. The third-order valence-corrected chi connectivity index (χ3v) is 3.49. The first-order valence-electron chi connectivity index (χ1n) is 5.18. The fourth-order valence-corrected chi connectivity index (χ4v) is 2.09. The van der Waals surface area contributed by atoms with Crippen LogP contribution >= 0.6 is 34.8 Å². The summed E-state index contributed by atoms with van der Waals surface area (Å²) in [6.07, 6.45) is 0. The molecule has 2 rings (SSSR count). The van der Waals surface area contributed by atoms with Gasteiger partial charge >= 0.3 is 0 Å². The number of halogens is 3. The SMILES string of the molecule is CNc1nc(Cl)c(C#N)nc1-c1cccc(Cl)c1Cl. The van der Waals surface area contributed by atoms with Crippen molar-refractivity contribution in [3.8, 4) is 17.3 Å². The van der Waals surface area contributed by atoms with Gasteiger partial charge in [0.25, 0.3) is 0 Å². The van der Waals surface area contributed by atoms with Crippen molar-refractivity contribution in [2.45, 2.75) is 0 Å². The lowest BCUT2D eigenvalue weighted by molar-refractivity contribution is 1.16. The maximum atomic E-state index is 8.96. The van der Waals surface area contributed by atoms with Gasteiger partial charge in [-0.1, -0.05) is 46.9 Å². The second kappa shape index (κ2) is 5.62. The van der Waals surface area contributed by atoms with Gasteiger partial charge in [-0.2, -0.15) is 5.26 Å². The first kappa shape index (κ1) is 13.9. The van der Waals surface area contributed by atoms with Crippen LogP contribution in [0.3, 0.4) is 0 Å². The molecule has 0 aliphatic rings. The Bertz CT molecular complexity index is 679. The van der Waals surface area contributed by atoms with Gasteiger partial charge in [0, 0.05) is 12.6 Å². The molecule has 0 radical (unpaired) electrons. The molecule has 0 spiro atoms. The van der Waals surface area contributed by atoms with Crippen LogP contribution in [0.5, 0.6) is 0 Å². The molecule has 0 fully saturated rings. The molecule has 0 bridgehead atoms. The zero-order chi connectivity index (χ0) is 14.0. The van der Waals surface area contributed by atoms with Crippen LogP contribution in [0.4, 0.5) is 5.82 Å². The summed E-state index contributed by atoms with van der Waals surface area (Å²) in [5, 5.41) is 12.6. The van der Waals surface area contributed by atoms with E-state index in [0.29, 0.717) is 27.1 Å². The minimum Gasteiger partial charge on any atom is -0.371 e. The van der Waals surface area contributed by atoms with E-state index in [0.717, 1.165) is 0 Å². The van der Waals surface area contributed by atoms with Crippen LogP contribution in [-0.2, 0) is 0 Å². The molecule has 7 heteroatoms. The molecule has 4 nitrogen and oxygen atoms in total. The minimum absolute atomic E-state index is 0.0340. The second-order valence-corrected chi connectivity index (χ2v) is 4.67. The minimum atomic E-state index is 0.0340. The highest BCUT2D eigenvalue weighted by Gasteiger charge is 2.16. The molecule has 0 saturated carbocycles. The Balaban J connectivity index is 2.74. The molecule has 0 atom stereocenters. The Morgan fingerprint density at radius 3 is 2.58 bits per heavy atom. The van der Waals surface area contributed by atoms with Gasteiger partial charge < -0.3 is 5.32 Å². The largest absolute Gasteiger partial charge is 0.371 e. The van der Waals surface area contributed by atoms with Gasteiger partial charge in [0.2, 0.25) is 0 Å². The molecule has 0 saturated heterocycles. The summed E-state index contributed by atoms with van der Waals surface area (Å²) in [6, 6.07) is 7.03. The summed E-state index contributed by atoms with van der Waals surface area (Å²) >= 11 is 18.0. The van der Waals surface area contributed by atoms with E-state index >= 15 is 0 Å². The maximum absolute atomic E-state index is 8.96. The van der Waals surface area contributed by atoms with Gasteiger partial charge in [-0.3, -0.25) is 0 Å². The van der Waals surface area contributed by atoms with Crippen molar-refractivity contribution in [1.29, 1.82) is 5.26 Å². The average Bonchev–Trinajstić information content (AvgIpc) is 2.42. The van der Waals surface area contributed by atoms with Gasteiger partial charge in [0.15, 0.2) is 16.7 Å². The third kappa shape index (κ3) is 2.59. The Morgan fingerprint density at radius 2 is 1.95 bits per heavy atom. The Hall–Kier alpha value is -1.54. The van der Waals surface area contributed by atoms with Gasteiger partial charge in [0.05, 0.1) is 10.0 Å². The number of nitriles is 1. The average molecular weight is 314 g/mol. The number of nitrogens with one attached hydrogen (secondary N) is 1. The Morgan fingerprint density at radius 1 is 1.21 bits per heavy atom. The van der Waals surface area contributed by atoms with Crippen LogP contribution in [0, 0.1) is 11.3 Å². The molecule has 0 aliphatic heterocycles. The molecule has 96 valence electrons. The quantitative estimate of drug-likeness (QED) is 0.909. The van der Waals surface area contributed by atoms with Crippen LogP contribution < -0.4 is 5.32 Å². The molecule has 1 aromatic heterocycles. The first-order valence-corrected chi connectivity index (χ1v) is 6.31. The van der Waals surface area contributed by atoms with E-state index < -0.39 is 0 Å². The molecule has 0 amide bonds. The van der Waals surface area contributed by atoms with E-state index in [9.17, 15) is 0 Å². The highest BCUT2D eigenvalue weighted by molar-refractivity contribution is 6.43. The summed E-state index contributed by atoms with van der Waals surface area (Å²) in [5.41, 5.74) is 1.04. The summed E-state index contributed by atoms with van der Waals surface area (Å²) < 4.78 is 0. The van der Waals surface area contributed by atoms with E-state index in [1.807, 2.05) is 6.07 Å². The first-order chi connectivity index (χ1) is 9.08. The molecular weight excluding hydrogens is 307 g/mol. The molecule has 19 heavy (non-hydrogen) atoms. The fraction of sp³-hybridized carbons (Fsp3) is 0.0833. The van der Waals surface area contributed by atoms with Gasteiger partial charge in [0.1, 0.15) is 11.8 Å². The second-order valence-electron chi connectivity index (χ2n) is 3.52. The number of rotatable bonds is 2. The number of hydrogen-bond acceptors (Lipinski definition) is 4. The lowest BCUT2D eigenvalue weighted by atomic mass is 10.1. The summed E-state index contributed by atoms with van der Waals surface area (Å²) in [4.78, 5) is 8.25. The van der Waals surface area contributed by atoms with E-state index in [2.05, 4.69) is 15.3 Å². The van der Waals surface area contributed by atoms with Crippen molar-refractivity contribution < 1.29 is 0 Å². The van der Waals surface area contributed by atoms with E-state index in [4.69, 9.17) is 40.1 Å². The van der Waals surface area contributed by atoms with Gasteiger partial charge in [-0.05, 0) is 6.07 Å². The monoisotopic (exact) mass is 312 g/mol. The number of nitrogens with zero attached hydrogens (tertiary/aromatic N) is 3. The number of anilines is 1. The molecule has 1 aromatic carbocycles. The van der Waals surface area contributed by atoms with Crippen molar-refractivity contribution in [2.24, 2.45) is 0 Å². The van der Waals surface area contributed by atoms with E-state index in [1.165, 1.54) is 0 Å². The highest BCUT2D eigenvalue weighted by Crippen LogP contribution is 2.36. The van der Waals surface area contributed by atoms with Crippen LogP contribution in [0.15, 0.2) is 18.2 Å². The van der Waals surface area contributed by atoms with Crippen molar-refractivity contribution in [2.75, 3.05) is 12.4 Å². The standard InChI is InChI=1S/C12H7Cl3N4/c1-17-12-10(18-8(5-16)11(15)19-12)6-3-2-4-7(13)9(6)14/h2-4H,1H3,(H,17,19). The van der Waals surface area contributed by atoms with E-state index in [1.54, 1.807) is 25.2 Å². The van der Waals surface area contributed by atoms with Crippen molar-refractivity contribution in [1.82, 2.24) is 9.97 Å². The zero-order valence-electron chi connectivity index (χ0n) is 9.71. The van der Waals surface area contributed by atoms with Crippen LogP contribution in [0.1, 0.15) is 5.69 Å². The van der Waals surface area contributed by atoms with Gasteiger partial charge in [-0.15, -0.1) is 0 Å². The van der Waals surface area contributed by atoms with Crippen LogP contribution in [0.2, 0.25) is 15.2 Å². The lowest BCUT2D eigenvalue weighted by Crippen LogP contribution is -2.02. The summed E-state index contributed by atoms with van der Waals surface area (Å²) in [6.45, 7) is 0. The lowest BCUT2D eigenvalue weighted by Gasteiger charge is -2.10. The molecule has 1 N–H and O–H groups in total. The summed E-state index contributed by atoms with van der Waals surface area (Å²) in [7, 11) is 1.67. The topological polar surface area (TPSA) is 61.6 Å². The zero-order valence-corrected chi connectivity index (χ0v) is 12.0. The van der Waals surface area contributed by atoms with Crippen molar-refractivity contribution in [3.05, 3.63) is 39.1 Å². The number of benzene rings is 1. The molecule has 2 aromatic rings. The normalized spacial score (nSPS) is 10.1. The van der Waals surface area contributed by atoms with Crippen LogP contribution in [-0.4, -0.2) is 17.0 Å². The predicted molar refractivity (Wildman–Crippen MR) is 76.8 cm³/mol. The maximum Gasteiger partial charge on any atom is 0.178 e. The number of hydrogen-bond donors (Lipinski definition) is 1. The summed E-state index contributed by atoms with van der Waals surface area (Å²) in [5.74, 6) is 0.424.